The highest BCUT2D eigenvalue weighted by Gasteiger charge is 2.31. The predicted octanol–water partition coefficient (Wildman–Crippen LogP) is 6.08. The maximum Gasteiger partial charge on any atom is 0.573 e. The molecule has 3 aromatic carbocycles. The van der Waals surface area contributed by atoms with Gasteiger partial charge in [-0.05, 0) is 48.0 Å². The quantitative estimate of drug-likeness (QED) is 0.253. The Morgan fingerprint density at radius 3 is 2.23 bits per heavy atom. The van der Waals surface area contributed by atoms with Gasteiger partial charge in [-0.1, -0.05) is 12.1 Å². The van der Waals surface area contributed by atoms with E-state index in [1.807, 2.05) is 0 Å². The van der Waals surface area contributed by atoms with E-state index in [-0.39, 0.29) is 34.1 Å². The number of carbonyl (C=O) groups is 2. The Bertz CT molecular complexity index is 1580. The number of nitrogens with one attached hydrogen (secondary N) is 1. The minimum absolute atomic E-state index is 0.00621. The van der Waals surface area contributed by atoms with Gasteiger partial charge in [0.1, 0.15) is 17.3 Å². The highest BCUT2D eigenvalue weighted by Crippen LogP contribution is 2.37. The first-order valence-corrected chi connectivity index (χ1v) is 11.2. The molecule has 13 heteroatoms. The highest BCUT2D eigenvalue weighted by molar-refractivity contribution is 6.09. The van der Waals surface area contributed by atoms with E-state index in [1.165, 1.54) is 49.7 Å². The lowest BCUT2D eigenvalue weighted by Crippen LogP contribution is -2.17. The van der Waals surface area contributed by atoms with Crippen LogP contribution in [0.3, 0.4) is 0 Å². The van der Waals surface area contributed by atoms with E-state index >= 15 is 0 Å². The van der Waals surface area contributed by atoms with E-state index in [0.717, 1.165) is 30.5 Å². The highest BCUT2D eigenvalue weighted by atomic mass is 19.4. The van der Waals surface area contributed by atoms with Gasteiger partial charge in [0.25, 0.3) is 11.8 Å². The minimum Gasteiger partial charge on any atom is -0.493 e. The van der Waals surface area contributed by atoms with Gasteiger partial charge in [-0.25, -0.2) is 8.78 Å². The van der Waals surface area contributed by atoms with Gasteiger partial charge in [-0.15, -0.1) is 13.2 Å². The molecule has 0 unspecified atom stereocenters. The molecule has 0 saturated heterocycles. The Labute approximate surface area is 223 Å². The number of carbonyl (C=O) groups excluding carboxylic acids is 2. The van der Waals surface area contributed by atoms with Gasteiger partial charge in [0.15, 0.2) is 17.3 Å². The van der Waals surface area contributed by atoms with Gasteiger partial charge in [0.05, 0.1) is 24.4 Å². The first kappa shape index (κ1) is 27.8. The monoisotopic (exact) mass is 559 g/mol. The van der Waals surface area contributed by atoms with Gasteiger partial charge < -0.3 is 25.3 Å². The molecule has 0 atom stereocenters. The number of methoxy groups -OCH3 is 1. The first-order chi connectivity index (χ1) is 18.9. The number of aromatic nitrogens is 1. The third kappa shape index (κ3) is 6.43. The Kier molecular flexibility index (Phi) is 7.84. The Hall–Kier alpha value is -5.20. The lowest BCUT2D eigenvalue weighted by molar-refractivity contribution is -0.274. The average Bonchev–Trinajstić information content (AvgIpc) is 2.89. The van der Waals surface area contributed by atoms with E-state index in [4.69, 9.17) is 15.2 Å². The standard InChI is InChI=1S/C27H18F5N3O5/c1-38-23-11-17(40-27(30,31)32)7-9-22(23)39-16-5-2-14(3-6-16)19-12-34-13-21(29)24(19)26(37)35-15-4-8-20(28)18(10-15)25(33)36/h2-13H,1H3,(H2,33,36)(H,35,37). The average molecular weight is 559 g/mol. The number of benzene rings is 3. The Balaban J connectivity index is 1.57. The fourth-order valence-electron chi connectivity index (χ4n) is 3.63. The topological polar surface area (TPSA) is 113 Å². The molecule has 0 aliphatic carbocycles. The molecule has 0 spiro atoms. The molecular formula is C27H18F5N3O5. The van der Waals surface area contributed by atoms with E-state index in [9.17, 15) is 31.5 Å². The summed E-state index contributed by atoms with van der Waals surface area (Å²) in [7, 11) is 1.24. The second-order valence-electron chi connectivity index (χ2n) is 8.04. The fourth-order valence-corrected chi connectivity index (χ4v) is 3.63. The first-order valence-electron chi connectivity index (χ1n) is 11.2. The lowest BCUT2D eigenvalue weighted by Gasteiger charge is -2.14. The van der Waals surface area contributed by atoms with Gasteiger partial charge in [-0.2, -0.15) is 0 Å². The van der Waals surface area contributed by atoms with E-state index in [2.05, 4.69) is 15.0 Å². The number of hydrogen-bond donors (Lipinski definition) is 2. The summed E-state index contributed by atoms with van der Waals surface area (Å²) in [5.41, 5.74) is 4.77. The van der Waals surface area contributed by atoms with Crippen LogP contribution in [0.4, 0.5) is 27.6 Å². The largest absolute Gasteiger partial charge is 0.573 e. The number of alkyl halides is 3. The molecule has 8 nitrogen and oxygen atoms in total. The number of anilines is 1. The maximum atomic E-state index is 14.8. The van der Waals surface area contributed by atoms with Crippen molar-refractivity contribution in [3.05, 3.63) is 95.8 Å². The molecule has 4 rings (SSSR count). The van der Waals surface area contributed by atoms with Gasteiger partial charge >= 0.3 is 6.36 Å². The summed E-state index contributed by atoms with van der Waals surface area (Å²) >= 11 is 0. The maximum absolute atomic E-state index is 14.8. The van der Waals surface area contributed by atoms with E-state index < -0.39 is 41.1 Å². The molecular weight excluding hydrogens is 541 g/mol. The molecule has 206 valence electrons. The van der Waals surface area contributed by atoms with Crippen LogP contribution in [0.1, 0.15) is 20.7 Å². The number of rotatable bonds is 8. The summed E-state index contributed by atoms with van der Waals surface area (Å²) in [6.07, 6.45) is -2.78. The summed E-state index contributed by atoms with van der Waals surface area (Å²) in [6, 6.07) is 12.4. The molecule has 0 saturated carbocycles. The molecule has 0 aliphatic heterocycles. The summed E-state index contributed by atoms with van der Waals surface area (Å²) in [6.45, 7) is 0. The van der Waals surface area contributed by atoms with Crippen molar-refractivity contribution in [3.8, 4) is 34.1 Å². The SMILES string of the molecule is COc1cc(OC(F)(F)F)ccc1Oc1ccc(-c2cncc(F)c2C(=O)Nc2ccc(F)c(C(N)=O)c2)cc1. The zero-order valence-corrected chi connectivity index (χ0v) is 20.4. The molecule has 40 heavy (non-hydrogen) atoms. The minimum atomic E-state index is -4.88. The van der Waals surface area contributed by atoms with Crippen LogP contribution in [0.25, 0.3) is 11.1 Å². The van der Waals surface area contributed by atoms with Crippen molar-refractivity contribution in [2.24, 2.45) is 5.73 Å². The zero-order valence-electron chi connectivity index (χ0n) is 20.4. The molecule has 0 aliphatic rings. The van der Waals surface area contributed by atoms with Crippen molar-refractivity contribution in [1.29, 1.82) is 0 Å². The number of ether oxygens (including phenoxy) is 3. The summed E-state index contributed by atoms with van der Waals surface area (Å²) in [5, 5.41) is 2.41. The lowest BCUT2D eigenvalue weighted by atomic mass is 10.0. The number of primary amides is 1. The van der Waals surface area contributed by atoms with Crippen molar-refractivity contribution < 1.29 is 45.8 Å². The van der Waals surface area contributed by atoms with Crippen molar-refractivity contribution in [2.75, 3.05) is 12.4 Å². The van der Waals surface area contributed by atoms with Crippen molar-refractivity contribution in [2.45, 2.75) is 6.36 Å². The van der Waals surface area contributed by atoms with Crippen LogP contribution in [0.2, 0.25) is 0 Å². The van der Waals surface area contributed by atoms with Crippen LogP contribution in [-0.2, 0) is 0 Å². The third-order valence-corrected chi connectivity index (χ3v) is 5.38. The zero-order chi connectivity index (χ0) is 29.0. The molecule has 0 fully saturated rings. The van der Waals surface area contributed by atoms with Crippen LogP contribution in [0, 0.1) is 11.6 Å². The van der Waals surface area contributed by atoms with Crippen LogP contribution >= 0.6 is 0 Å². The van der Waals surface area contributed by atoms with Crippen LogP contribution in [-0.4, -0.2) is 30.3 Å². The van der Waals surface area contributed by atoms with Crippen molar-refractivity contribution in [3.63, 3.8) is 0 Å². The van der Waals surface area contributed by atoms with E-state index in [0.29, 0.717) is 5.56 Å². The molecule has 1 aromatic heterocycles. The number of amides is 2. The number of nitrogens with two attached hydrogens (primary N) is 1. The number of nitrogens with zero attached hydrogens (tertiary/aromatic N) is 1. The summed E-state index contributed by atoms with van der Waals surface area (Å²) in [5.74, 6) is -3.97. The second kappa shape index (κ2) is 11.3. The van der Waals surface area contributed by atoms with Crippen LogP contribution in [0.15, 0.2) is 73.1 Å². The predicted molar refractivity (Wildman–Crippen MR) is 132 cm³/mol. The molecule has 3 N–H and O–H groups in total. The Morgan fingerprint density at radius 1 is 0.875 bits per heavy atom. The van der Waals surface area contributed by atoms with Gasteiger partial charge in [0, 0.05) is 23.5 Å². The summed E-state index contributed by atoms with van der Waals surface area (Å²) in [4.78, 5) is 28.2. The Morgan fingerprint density at radius 2 is 1.57 bits per heavy atom. The van der Waals surface area contributed by atoms with Gasteiger partial charge in [0.2, 0.25) is 0 Å². The van der Waals surface area contributed by atoms with Crippen molar-refractivity contribution >= 4 is 17.5 Å². The molecule has 2 amide bonds. The molecule has 1 heterocycles. The smallest absolute Gasteiger partial charge is 0.493 e. The molecule has 0 radical (unpaired) electrons. The second-order valence-corrected chi connectivity index (χ2v) is 8.04. The molecule has 4 aromatic rings. The van der Waals surface area contributed by atoms with E-state index in [1.54, 1.807) is 0 Å². The number of pyridine rings is 1. The van der Waals surface area contributed by atoms with Crippen LogP contribution in [0.5, 0.6) is 23.0 Å². The summed E-state index contributed by atoms with van der Waals surface area (Å²) < 4.78 is 80.7. The normalized spacial score (nSPS) is 11.1. The third-order valence-electron chi connectivity index (χ3n) is 5.38. The molecule has 0 bridgehead atoms. The van der Waals surface area contributed by atoms with Gasteiger partial charge in [-0.3, -0.25) is 14.6 Å². The number of hydrogen-bond acceptors (Lipinski definition) is 6. The van der Waals surface area contributed by atoms with Crippen molar-refractivity contribution in [1.82, 2.24) is 4.98 Å². The van der Waals surface area contributed by atoms with Crippen LogP contribution < -0.4 is 25.3 Å². The number of halogens is 5. The fraction of sp³-hybridized carbons (Fsp3) is 0.0741.